The summed E-state index contributed by atoms with van der Waals surface area (Å²) in [4.78, 5) is 41.7. The van der Waals surface area contributed by atoms with Crippen LogP contribution in [0.15, 0.2) is 69.0 Å². The number of amides is 1. The van der Waals surface area contributed by atoms with Crippen LogP contribution in [0.1, 0.15) is 37.6 Å². The molecule has 1 atom stereocenters. The van der Waals surface area contributed by atoms with Gasteiger partial charge in [-0.05, 0) is 55.0 Å². The number of fused-ring (bicyclic) bond motifs is 1. The quantitative estimate of drug-likeness (QED) is 0.121. The number of halogens is 3. The van der Waals surface area contributed by atoms with Crippen molar-refractivity contribution in [3.63, 3.8) is 0 Å². The lowest BCUT2D eigenvalue weighted by molar-refractivity contribution is -0.385. The molecule has 206 valence electrons. The topological polar surface area (TPSA) is 129 Å². The highest BCUT2D eigenvalue weighted by atomic mass is 79.9. The van der Waals surface area contributed by atoms with Gasteiger partial charge in [0.15, 0.2) is 6.61 Å². The number of hydrogen-bond acceptors (Lipinski definition) is 7. The van der Waals surface area contributed by atoms with Crippen LogP contribution in [0.3, 0.4) is 0 Å². The molecule has 4 aromatic rings. The molecule has 0 aliphatic heterocycles. The molecule has 0 saturated heterocycles. The Bertz CT molecular complexity index is 1690. The summed E-state index contributed by atoms with van der Waals surface area (Å²) >= 11 is 15.4. The number of benzene rings is 3. The average Bonchev–Trinajstić information content (AvgIpc) is 2.92. The molecule has 10 nitrogen and oxygen atoms in total. The third-order valence-corrected chi connectivity index (χ3v) is 6.90. The Morgan fingerprint density at radius 1 is 1.20 bits per heavy atom. The molecule has 1 amide bonds. The van der Waals surface area contributed by atoms with E-state index in [1.807, 2.05) is 13.8 Å². The van der Waals surface area contributed by atoms with Crippen molar-refractivity contribution < 1.29 is 14.5 Å². The zero-order chi connectivity index (χ0) is 29.0. The van der Waals surface area contributed by atoms with Crippen molar-refractivity contribution in [1.29, 1.82) is 0 Å². The van der Waals surface area contributed by atoms with Gasteiger partial charge in [0.1, 0.15) is 5.82 Å². The molecule has 0 bridgehead atoms. The second-order valence-electron chi connectivity index (χ2n) is 8.75. The van der Waals surface area contributed by atoms with Crippen LogP contribution >= 0.6 is 39.1 Å². The van der Waals surface area contributed by atoms with Crippen molar-refractivity contribution in [2.24, 2.45) is 5.10 Å². The summed E-state index contributed by atoms with van der Waals surface area (Å²) in [5, 5.41) is 19.7. The molecular formula is C27H22BrCl2N5O5. The molecule has 0 fully saturated rings. The van der Waals surface area contributed by atoms with Crippen molar-refractivity contribution in [2.75, 3.05) is 11.9 Å². The number of carbonyl (C=O) groups is 1. The van der Waals surface area contributed by atoms with Gasteiger partial charge in [-0.1, -0.05) is 53.0 Å². The SMILES string of the molecule is CC[C@@H](C)c1nc2ccc(Br)cc2c(=O)n1N=Cc1cc(Cl)cc([N+](=O)[O-])c1OCC(=O)Nc1ccc(Cl)cc1. The molecule has 1 heterocycles. The number of rotatable bonds is 9. The molecular weight excluding hydrogens is 625 g/mol. The van der Waals surface area contributed by atoms with Gasteiger partial charge in [0.25, 0.3) is 11.5 Å². The Labute approximate surface area is 246 Å². The van der Waals surface area contributed by atoms with Gasteiger partial charge in [-0.25, -0.2) is 4.98 Å². The summed E-state index contributed by atoms with van der Waals surface area (Å²) in [5.41, 5.74) is 0.194. The van der Waals surface area contributed by atoms with E-state index in [0.29, 0.717) is 38.3 Å². The normalized spacial score (nSPS) is 12.0. The van der Waals surface area contributed by atoms with Gasteiger partial charge in [-0.15, -0.1) is 0 Å². The van der Waals surface area contributed by atoms with Gasteiger partial charge < -0.3 is 10.1 Å². The minimum absolute atomic E-state index is 0.0428. The molecule has 0 aliphatic rings. The van der Waals surface area contributed by atoms with Crippen LogP contribution in [0.25, 0.3) is 10.9 Å². The van der Waals surface area contributed by atoms with Crippen LogP contribution in [-0.2, 0) is 4.79 Å². The van der Waals surface area contributed by atoms with Crippen LogP contribution in [0.4, 0.5) is 11.4 Å². The summed E-state index contributed by atoms with van der Waals surface area (Å²) in [5.74, 6) is -0.508. The van der Waals surface area contributed by atoms with Crippen molar-refractivity contribution >= 4 is 73.5 Å². The molecule has 1 aromatic heterocycles. The number of anilines is 1. The Kier molecular flexibility index (Phi) is 9.18. The zero-order valence-electron chi connectivity index (χ0n) is 21.2. The Morgan fingerprint density at radius 2 is 1.93 bits per heavy atom. The van der Waals surface area contributed by atoms with Gasteiger partial charge in [0.05, 0.1) is 22.0 Å². The molecule has 0 saturated carbocycles. The van der Waals surface area contributed by atoms with Crippen molar-refractivity contribution in [2.45, 2.75) is 26.2 Å². The van der Waals surface area contributed by atoms with Gasteiger partial charge in [-0.3, -0.25) is 19.7 Å². The molecule has 13 heteroatoms. The first-order valence-electron chi connectivity index (χ1n) is 12.0. The summed E-state index contributed by atoms with van der Waals surface area (Å²) in [6, 6.07) is 14.1. The minimum atomic E-state index is -0.679. The van der Waals surface area contributed by atoms with Crippen LogP contribution in [0.2, 0.25) is 10.0 Å². The number of nitro groups is 1. The van der Waals surface area contributed by atoms with Gasteiger partial charge in [-0.2, -0.15) is 9.78 Å². The molecule has 1 N–H and O–H groups in total. The lowest BCUT2D eigenvalue weighted by Crippen LogP contribution is -2.24. The second-order valence-corrected chi connectivity index (χ2v) is 10.5. The van der Waals surface area contributed by atoms with Crippen LogP contribution in [-0.4, -0.2) is 33.3 Å². The van der Waals surface area contributed by atoms with Crippen molar-refractivity contribution in [3.05, 3.63) is 101 Å². The Balaban J connectivity index is 1.74. The first-order valence-corrected chi connectivity index (χ1v) is 13.5. The molecule has 3 aromatic carbocycles. The molecule has 40 heavy (non-hydrogen) atoms. The summed E-state index contributed by atoms with van der Waals surface area (Å²) in [6.07, 6.45) is 1.91. The van der Waals surface area contributed by atoms with E-state index in [0.717, 1.165) is 10.7 Å². The van der Waals surface area contributed by atoms with Crippen LogP contribution < -0.4 is 15.6 Å². The number of nitrogens with zero attached hydrogens (tertiary/aromatic N) is 4. The molecule has 4 rings (SSSR count). The summed E-state index contributed by atoms with van der Waals surface area (Å²) < 4.78 is 7.46. The smallest absolute Gasteiger partial charge is 0.313 e. The maximum absolute atomic E-state index is 13.4. The second kappa shape index (κ2) is 12.6. The number of carbonyl (C=O) groups excluding carboxylic acids is 1. The van der Waals surface area contributed by atoms with E-state index in [9.17, 15) is 19.7 Å². The highest BCUT2D eigenvalue weighted by Crippen LogP contribution is 2.34. The molecule has 0 radical (unpaired) electrons. The highest BCUT2D eigenvalue weighted by Gasteiger charge is 2.22. The van der Waals surface area contributed by atoms with E-state index < -0.39 is 28.7 Å². The van der Waals surface area contributed by atoms with E-state index in [1.165, 1.54) is 12.3 Å². The fourth-order valence-corrected chi connectivity index (χ4v) is 4.46. The molecule has 0 unspecified atom stereocenters. The summed E-state index contributed by atoms with van der Waals surface area (Å²) in [7, 11) is 0. The van der Waals surface area contributed by atoms with E-state index in [-0.39, 0.29) is 22.3 Å². The number of nitrogens with one attached hydrogen (secondary N) is 1. The zero-order valence-corrected chi connectivity index (χ0v) is 24.3. The monoisotopic (exact) mass is 645 g/mol. The third kappa shape index (κ3) is 6.67. The first-order chi connectivity index (χ1) is 19.1. The van der Waals surface area contributed by atoms with Crippen LogP contribution in [0.5, 0.6) is 5.75 Å². The predicted molar refractivity (Wildman–Crippen MR) is 159 cm³/mol. The lowest BCUT2D eigenvalue weighted by Gasteiger charge is -2.14. The number of nitro benzene ring substituents is 1. The van der Waals surface area contributed by atoms with Crippen LogP contribution in [0, 0.1) is 10.1 Å². The maximum atomic E-state index is 13.4. The van der Waals surface area contributed by atoms with Crippen molar-refractivity contribution in [3.8, 4) is 5.75 Å². The standard InChI is InChI=1S/C27H22BrCl2N5O5/c1-3-15(2)26-33-22-9-4-17(28)11-21(22)27(37)34(26)31-13-16-10-19(30)12-23(35(38)39)25(16)40-14-24(36)32-20-7-5-18(29)6-8-20/h4-13,15H,3,14H2,1-2H3,(H,32,36)/t15-/m1/s1. The van der Waals surface area contributed by atoms with Gasteiger partial charge in [0.2, 0.25) is 5.75 Å². The summed E-state index contributed by atoms with van der Waals surface area (Å²) in [6.45, 7) is 3.32. The maximum Gasteiger partial charge on any atom is 0.313 e. The van der Waals surface area contributed by atoms with Crippen molar-refractivity contribution in [1.82, 2.24) is 9.66 Å². The predicted octanol–water partition coefficient (Wildman–Crippen LogP) is 6.79. The highest BCUT2D eigenvalue weighted by molar-refractivity contribution is 9.10. The lowest BCUT2D eigenvalue weighted by atomic mass is 10.1. The average molecular weight is 647 g/mol. The first kappa shape index (κ1) is 29.2. The molecule has 0 spiro atoms. The number of hydrogen-bond donors (Lipinski definition) is 1. The van der Waals surface area contributed by atoms with E-state index in [2.05, 4.69) is 31.3 Å². The third-order valence-electron chi connectivity index (χ3n) is 5.93. The number of aromatic nitrogens is 2. The number of ether oxygens (including phenoxy) is 1. The van der Waals surface area contributed by atoms with E-state index in [4.69, 9.17) is 27.9 Å². The van der Waals surface area contributed by atoms with E-state index >= 15 is 0 Å². The molecule has 0 aliphatic carbocycles. The van der Waals surface area contributed by atoms with Gasteiger partial charge >= 0.3 is 5.69 Å². The van der Waals surface area contributed by atoms with E-state index in [1.54, 1.807) is 42.5 Å². The minimum Gasteiger partial charge on any atom is -0.476 e. The Morgan fingerprint density at radius 3 is 2.60 bits per heavy atom. The largest absolute Gasteiger partial charge is 0.476 e. The fraction of sp³-hybridized carbons (Fsp3) is 0.185. The fourth-order valence-electron chi connectivity index (χ4n) is 3.76. The Hall–Kier alpha value is -3.80. The van der Waals surface area contributed by atoms with Gasteiger partial charge in [0, 0.05) is 37.8 Å².